The summed E-state index contributed by atoms with van der Waals surface area (Å²) in [5.41, 5.74) is 3.13. The predicted octanol–water partition coefficient (Wildman–Crippen LogP) is 4.06. The van der Waals surface area contributed by atoms with Gasteiger partial charge in [-0.15, -0.1) is 0 Å². The van der Waals surface area contributed by atoms with Crippen molar-refractivity contribution in [2.24, 2.45) is 0 Å². The van der Waals surface area contributed by atoms with Crippen LogP contribution < -0.4 is 14.9 Å². The minimum atomic E-state index is -3.75. The van der Waals surface area contributed by atoms with Gasteiger partial charge in [0.25, 0.3) is 15.9 Å². The van der Waals surface area contributed by atoms with Crippen LogP contribution in [0.2, 0.25) is 0 Å². The first-order chi connectivity index (χ1) is 15.6. The molecule has 0 atom stereocenters. The second-order valence-corrected chi connectivity index (χ2v) is 9.60. The molecule has 2 N–H and O–H groups in total. The fourth-order valence-corrected chi connectivity index (χ4v) is 5.44. The first-order valence-electron chi connectivity index (χ1n) is 10.8. The number of amides is 1. The molecule has 6 nitrogen and oxygen atoms in total. The van der Waals surface area contributed by atoms with E-state index in [2.05, 4.69) is 10.6 Å². The fraction of sp³-hybridized carbons (Fsp3) is 0.240. The van der Waals surface area contributed by atoms with Gasteiger partial charge in [-0.3, -0.25) is 9.10 Å². The van der Waals surface area contributed by atoms with Crippen LogP contribution in [-0.4, -0.2) is 34.0 Å². The number of aryl methyl sites for hydroxylation is 1. The van der Waals surface area contributed by atoms with Crippen LogP contribution in [-0.2, 0) is 16.4 Å². The first-order valence-corrected chi connectivity index (χ1v) is 12.3. The van der Waals surface area contributed by atoms with E-state index in [1.165, 1.54) is 10.4 Å². The predicted molar refractivity (Wildman–Crippen MR) is 128 cm³/mol. The van der Waals surface area contributed by atoms with E-state index in [0.29, 0.717) is 18.7 Å². The molecule has 0 bridgehead atoms. The lowest BCUT2D eigenvalue weighted by molar-refractivity contribution is 0.0953. The molecule has 0 aliphatic carbocycles. The summed E-state index contributed by atoms with van der Waals surface area (Å²) >= 11 is 0. The smallest absolute Gasteiger partial charge is 0.264 e. The Hall–Kier alpha value is -3.32. The maximum Gasteiger partial charge on any atom is 0.264 e. The topological polar surface area (TPSA) is 78.5 Å². The summed E-state index contributed by atoms with van der Waals surface area (Å²) in [4.78, 5) is 12.7. The Bertz CT molecular complexity index is 1180. The van der Waals surface area contributed by atoms with Crippen LogP contribution in [0.1, 0.15) is 28.8 Å². The molecule has 0 aromatic heterocycles. The molecule has 1 heterocycles. The largest absolute Gasteiger partial charge is 0.385 e. The van der Waals surface area contributed by atoms with Gasteiger partial charge in [0.15, 0.2) is 0 Å². The number of anilines is 2. The highest BCUT2D eigenvalue weighted by Gasteiger charge is 2.29. The van der Waals surface area contributed by atoms with Gasteiger partial charge in [-0.25, -0.2) is 8.42 Å². The lowest BCUT2D eigenvalue weighted by atomic mass is 10.0. The molecular weight excluding hydrogens is 422 g/mol. The third-order valence-electron chi connectivity index (χ3n) is 5.49. The number of carbonyl (C=O) groups excluding carboxylic acids is 1. The molecule has 0 radical (unpaired) electrons. The zero-order valence-corrected chi connectivity index (χ0v) is 18.6. The first kappa shape index (κ1) is 21.9. The number of hydrogen-bond acceptors (Lipinski definition) is 4. The monoisotopic (exact) mass is 449 g/mol. The Morgan fingerprint density at radius 3 is 2.53 bits per heavy atom. The Kier molecular flexibility index (Phi) is 6.75. The van der Waals surface area contributed by atoms with Gasteiger partial charge in [0.05, 0.1) is 10.6 Å². The van der Waals surface area contributed by atoms with E-state index in [0.717, 1.165) is 42.7 Å². The molecule has 4 rings (SSSR count). The van der Waals surface area contributed by atoms with Gasteiger partial charge in [-0.05, 0) is 61.2 Å². The van der Waals surface area contributed by atoms with Crippen molar-refractivity contribution in [3.8, 4) is 0 Å². The summed E-state index contributed by atoms with van der Waals surface area (Å²) < 4.78 is 28.1. The number of hydrogen-bond donors (Lipinski definition) is 2. The number of benzene rings is 3. The zero-order chi connectivity index (χ0) is 22.4. The number of fused-ring (bicyclic) bond motifs is 1. The number of rotatable bonds is 8. The molecule has 0 fully saturated rings. The lowest BCUT2D eigenvalue weighted by Gasteiger charge is -2.30. The van der Waals surface area contributed by atoms with Gasteiger partial charge >= 0.3 is 0 Å². The molecule has 166 valence electrons. The summed E-state index contributed by atoms with van der Waals surface area (Å²) in [6.07, 6.45) is 2.39. The molecule has 0 unspecified atom stereocenters. The summed E-state index contributed by atoms with van der Waals surface area (Å²) in [5.74, 6) is -0.277. The van der Waals surface area contributed by atoms with Gasteiger partial charge in [0.1, 0.15) is 0 Å². The molecule has 0 saturated heterocycles. The van der Waals surface area contributed by atoms with Crippen LogP contribution in [0.4, 0.5) is 11.4 Å². The maximum atomic E-state index is 13.3. The van der Waals surface area contributed by atoms with E-state index in [9.17, 15) is 13.2 Å². The molecule has 1 amide bonds. The van der Waals surface area contributed by atoms with E-state index < -0.39 is 10.0 Å². The third-order valence-corrected chi connectivity index (χ3v) is 7.30. The van der Waals surface area contributed by atoms with Gasteiger partial charge in [0.2, 0.25) is 0 Å². The van der Waals surface area contributed by atoms with Crippen molar-refractivity contribution in [3.63, 3.8) is 0 Å². The summed E-state index contributed by atoms with van der Waals surface area (Å²) in [6, 6.07) is 23.7. The van der Waals surface area contributed by atoms with Crippen LogP contribution in [0.5, 0.6) is 0 Å². The zero-order valence-electron chi connectivity index (χ0n) is 17.8. The quantitative estimate of drug-likeness (QED) is 0.509. The highest BCUT2D eigenvalue weighted by Crippen LogP contribution is 2.31. The van der Waals surface area contributed by atoms with Gasteiger partial charge in [-0.1, -0.05) is 42.5 Å². The van der Waals surface area contributed by atoms with Crippen molar-refractivity contribution < 1.29 is 13.2 Å². The Morgan fingerprint density at radius 1 is 0.906 bits per heavy atom. The third kappa shape index (κ3) is 4.94. The van der Waals surface area contributed by atoms with Crippen molar-refractivity contribution in [2.75, 3.05) is 29.3 Å². The molecule has 7 heteroatoms. The number of carbonyl (C=O) groups is 1. The standard InChI is InChI=1S/C25H27N3O3S/c29-25(27-17-8-16-26-22-12-2-1-3-13-22)21-10-6-14-23(19-21)32(30,31)28-18-7-11-20-9-4-5-15-24(20)28/h1-6,9-10,12-15,19,26H,7-8,11,16-18H2,(H,27,29). The average Bonchev–Trinajstić information content (AvgIpc) is 2.84. The molecule has 1 aliphatic rings. The number of nitrogens with one attached hydrogen (secondary N) is 2. The minimum Gasteiger partial charge on any atom is -0.385 e. The average molecular weight is 450 g/mol. The minimum absolute atomic E-state index is 0.132. The van der Waals surface area contributed by atoms with Gasteiger partial charge in [-0.2, -0.15) is 0 Å². The summed E-state index contributed by atoms with van der Waals surface area (Å²) in [5, 5.41) is 6.17. The molecular formula is C25H27N3O3S. The second kappa shape index (κ2) is 9.87. The van der Waals surface area contributed by atoms with Crippen molar-refractivity contribution in [1.29, 1.82) is 0 Å². The number of nitrogens with zero attached hydrogens (tertiary/aromatic N) is 1. The Balaban J connectivity index is 1.39. The second-order valence-electron chi connectivity index (χ2n) is 7.74. The van der Waals surface area contributed by atoms with E-state index >= 15 is 0 Å². The number of para-hydroxylation sites is 2. The SMILES string of the molecule is O=C(NCCCNc1ccccc1)c1cccc(S(=O)(=O)N2CCCc3ccccc32)c1. The van der Waals surface area contributed by atoms with Crippen molar-refractivity contribution >= 4 is 27.3 Å². The van der Waals surface area contributed by atoms with Crippen LogP contribution >= 0.6 is 0 Å². The maximum absolute atomic E-state index is 13.3. The van der Waals surface area contributed by atoms with Gasteiger partial charge < -0.3 is 10.6 Å². The fourth-order valence-electron chi connectivity index (χ4n) is 3.85. The van der Waals surface area contributed by atoms with Crippen molar-refractivity contribution in [2.45, 2.75) is 24.2 Å². The molecule has 0 saturated carbocycles. The van der Waals surface area contributed by atoms with E-state index in [1.54, 1.807) is 18.2 Å². The summed E-state index contributed by atoms with van der Waals surface area (Å²) in [6.45, 7) is 1.66. The molecule has 0 spiro atoms. The van der Waals surface area contributed by atoms with Crippen LogP contribution in [0.15, 0.2) is 83.8 Å². The van der Waals surface area contributed by atoms with Crippen molar-refractivity contribution in [1.82, 2.24) is 5.32 Å². The highest BCUT2D eigenvalue weighted by atomic mass is 32.2. The molecule has 3 aromatic carbocycles. The van der Waals surface area contributed by atoms with E-state index in [-0.39, 0.29) is 10.8 Å². The Labute approximate surface area is 189 Å². The van der Waals surface area contributed by atoms with Crippen LogP contribution in [0.3, 0.4) is 0 Å². The highest BCUT2D eigenvalue weighted by molar-refractivity contribution is 7.92. The van der Waals surface area contributed by atoms with Gasteiger partial charge in [0, 0.05) is 30.9 Å². The van der Waals surface area contributed by atoms with E-state index in [1.807, 2.05) is 54.6 Å². The number of sulfonamides is 1. The lowest BCUT2D eigenvalue weighted by Crippen LogP contribution is -2.35. The van der Waals surface area contributed by atoms with Crippen LogP contribution in [0, 0.1) is 0 Å². The van der Waals surface area contributed by atoms with E-state index in [4.69, 9.17) is 0 Å². The normalized spacial score (nSPS) is 13.3. The molecule has 3 aromatic rings. The molecule has 32 heavy (non-hydrogen) atoms. The van der Waals surface area contributed by atoms with Crippen LogP contribution in [0.25, 0.3) is 0 Å². The Morgan fingerprint density at radius 2 is 1.69 bits per heavy atom. The summed E-state index contributed by atoms with van der Waals surface area (Å²) in [7, 11) is -3.75. The van der Waals surface area contributed by atoms with Crippen molar-refractivity contribution in [3.05, 3.63) is 90.0 Å². The molecule has 1 aliphatic heterocycles.